The van der Waals surface area contributed by atoms with Gasteiger partial charge in [-0.3, -0.25) is 9.36 Å². The van der Waals surface area contributed by atoms with Gasteiger partial charge in [0, 0.05) is 24.1 Å². The molecule has 3 aromatic rings. The van der Waals surface area contributed by atoms with Crippen LogP contribution in [-0.2, 0) is 6.42 Å². The fraction of sp³-hybridized carbons (Fsp3) is 0.348. The van der Waals surface area contributed by atoms with Gasteiger partial charge in [-0.1, -0.05) is 36.4 Å². The molecule has 0 spiro atoms. The summed E-state index contributed by atoms with van der Waals surface area (Å²) in [5.41, 5.74) is 4.47. The zero-order valence-corrected chi connectivity index (χ0v) is 15.5. The van der Waals surface area contributed by atoms with Gasteiger partial charge in [-0.2, -0.15) is 0 Å². The van der Waals surface area contributed by atoms with Crippen LogP contribution < -0.4 is 4.74 Å². The maximum absolute atomic E-state index is 12.6. The standard InChI is InChI=1S/C23H23NO2/c1-14(25)24-19-11-7-6-10-17(19)22-21(24)20-16-9-5-4-8-15(16)12-13-18(20)23(2,3)26-22/h4-11,18,20H,12-13H2,1-3H3/t18-,20+/m0/s1. The minimum absolute atomic E-state index is 0.0487. The van der Waals surface area contributed by atoms with E-state index in [9.17, 15) is 4.79 Å². The van der Waals surface area contributed by atoms with E-state index in [0.29, 0.717) is 5.92 Å². The van der Waals surface area contributed by atoms with Gasteiger partial charge in [0.05, 0.1) is 11.2 Å². The molecule has 2 atom stereocenters. The topological polar surface area (TPSA) is 31.2 Å². The average Bonchev–Trinajstić information content (AvgIpc) is 2.95. The summed E-state index contributed by atoms with van der Waals surface area (Å²) in [6.45, 7) is 6.04. The summed E-state index contributed by atoms with van der Waals surface area (Å²) >= 11 is 0. The summed E-state index contributed by atoms with van der Waals surface area (Å²) in [5.74, 6) is 1.48. The van der Waals surface area contributed by atoms with Crippen LogP contribution in [0.5, 0.6) is 5.75 Å². The van der Waals surface area contributed by atoms with Gasteiger partial charge in [0.2, 0.25) is 5.91 Å². The molecule has 0 bridgehead atoms. The molecule has 1 aliphatic heterocycles. The Bertz CT molecular complexity index is 1040. The minimum atomic E-state index is -0.267. The molecule has 0 unspecified atom stereocenters. The van der Waals surface area contributed by atoms with Crippen LogP contribution in [0.25, 0.3) is 10.9 Å². The van der Waals surface area contributed by atoms with Crippen molar-refractivity contribution in [3.8, 4) is 5.75 Å². The van der Waals surface area contributed by atoms with Crippen molar-refractivity contribution < 1.29 is 9.53 Å². The van der Waals surface area contributed by atoms with Crippen LogP contribution in [0.4, 0.5) is 0 Å². The van der Waals surface area contributed by atoms with Crippen LogP contribution in [0.1, 0.15) is 54.7 Å². The molecule has 0 fully saturated rings. The van der Waals surface area contributed by atoms with Crippen LogP contribution >= 0.6 is 0 Å². The number of carbonyl (C=O) groups is 1. The SMILES string of the molecule is CC(=O)n1c2c(c3ccccc31)OC(C)(C)[C@H]1CCc3ccccc3[C@@H]21. The Morgan fingerprint density at radius 2 is 1.85 bits per heavy atom. The number of rotatable bonds is 0. The summed E-state index contributed by atoms with van der Waals surface area (Å²) < 4.78 is 8.46. The molecule has 2 heterocycles. The van der Waals surface area contributed by atoms with Crippen molar-refractivity contribution in [3.05, 3.63) is 65.4 Å². The van der Waals surface area contributed by atoms with Crippen molar-refractivity contribution in [2.24, 2.45) is 5.92 Å². The van der Waals surface area contributed by atoms with Gasteiger partial charge >= 0.3 is 0 Å². The molecule has 1 aromatic heterocycles. The second-order valence-electron chi connectivity index (χ2n) is 8.11. The number of aromatic nitrogens is 1. The Balaban J connectivity index is 1.90. The first kappa shape index (κ1) is 15.7. The van der Waals surface area contributed by atoms with E-state index in [2.05, 4.69) is 44.2 Å². The number of nitrogens with zero attached hydrogens (tertiary/aromatic N) is 1. The Morgan fingerprint density at radius 3 is 2.65 bits per heavy atom. The van der Waals surface area contributed by atoms with E-state index in [1.807, 2.05) is 22.8 Å². The van der Waals surface area contributed by atoms with Gasteiger partial charge < -0.3 is 4.74 Å². The van der Waals surface area contributed by atoms with Gasteiger partial charge in [0.15, 0.2) is 0 Å². The molecule has 0 radical (unpaired) electrons. The highest BCUT2D eigenvalue weighted by atomic mass is 16.5. The van der Waals surface area contributed by atoms with Gasteiger partial charge in [0.1, 0.15) is 11.4 Å². The van der Waals surface area contributed by atoms with Crippen LogP contribution in [-0.4, -0.2) is 16.1 Å². The van der Waals surface area contributed by atoms with E-state index >= 15 is 0 Å². The number of aryl methyl sites for hydroxylation is 1. The van der Waals surface area contributed by atoms with Crippen molar-refractivity contribution in [3.63, 3.8) is 0 Å². The van der Waals surface area contributed by atoms with Crippen molar-refractivity contribution in [1.82, 2.24) is 4.57 Å². The van der Waals surface area contributed by atoms with Crippen molar-refractivity contribution >= 4 is 16.8 Å². The summed E-state index contributed by atoms with van der Waals surface area (Å²) in [4.78, 5) is 12.6. The predicted octanol–water partition coefficient (Wildman–Crippen LogP) is 5.17. The molecule has 0 saturated carbocycles. The smallest absolute Gasteiger partial charge is 0.228 e. The number of hydrogen-bond acceptors (Lipinski definition) is 2. The number of ether oxygens (including phenoxy) is 1. The summed E-state index contributed by atoms with van der Waals surface area (Å²) in [6.07, 6.45) is 2.15. The fourth-order valence-electron chi connectivity index (χ4n) is 5.14. The second kappa shape index (κ2) is 5.23. The van der Waals surface area contributed by atoms with Gasteiger partial charge in [-0.15, -0.1) is 0 Å². The Morgan fingerprint density at radius 1 is 1.12 bits per heavy atom. The maximum Gasteiger partial charge on any atom is 0.228 e. The Hall–Kier alpha value is -2.55. The predicted molar refractivity (Wildman–Crippen MR) is 103 cm³/mol. The molecule has 0 amide bonds. The highest BCUT2D eigenvalue weighted by molar-refractivity contribution is 5.98. The van der Waals surface area contributed by atoms with Crippen LogP contribution in [0, 0.1) is 5.92 Å². The molecule has 132 valence electrons. The van der Waals surface area contributed by atoms with Gasteiger partial charge in [-0.05, 0) is 49.9 Å². The number of fused-ring (bicyclic) bond motifs is 7. The summed E-state index contributed by atoms with van der Waals surface area (Å²) in [5, 5.41) is 1.03. The summed E-state index contributed by atoms with van der Waals surface area (Å²) in [6, 6.07) is 16.8. The zero-order valence-electron chi connectivity index (χ0n) is 15.5. The second-order valence-corrected chi connectivity index (χ2v) is 8.11. The molecular formula is C23H23NO2. The van der Waals surface area contributed by atoms with Crippen molar-refractivity contribution in [2.45, 2.75) is 45.1 Å². The lowest BCUT2D eigenvalue weighted by Crippen LogP contribution is -2.47. The molecule has 3 nitrogen and oxygen atoms in total. The number of carbonyl (C=O) groups excluding carboxylic acids is 1. The lowest BCUT2D eigenvalue weighted by Gasteiger charge is -2.47. The minimum Gasteiger partial charge on any atom is -0.485 e. The van der Waals surface area contributed by atoms with Crippen LogP contribution in [0.3, 0.4) is 0 Å². The first-order valence-electron chi connectivity index (χ1n) is 9.40. The molecule has 5 rings (SSSR count). The van der Waals surface area contributed by atoms with Crippen molar-refractivity contribution in [2.75, 3.05) is 0 Å². The average molecular weight is 345 g/mol. The highest BCUT2D eigenvalue weighted by Gasteiger charge is 2.49. The third-order valence-electron chi connectivity index (χ3n) is 6.25. The molecule has 0 N–H and O–H groups in total. The number of para-hydroxylation sites is 1. The quantitative estimate of drug-likeness (QED) is 0.563. The van der Waals surface area contributed by atoms with E-state index in [1.165, 1.54) is 11.1 Å². The third-order valence-corrected chi connectivity index (χ3v) is 6.25. The highest BCUT2D eigenvalue weighted by Crippen LogP contribution is 2.55. The van der Waals surface area contributed by atoms with E-state index in [0.717, 1.165) is 35.2 Å². The Labute approximate surface area is 153 Å². The molecule has 1 aliphatic carbocycles. The van der Waals surface area contributed by atoms with E-state index < -0.39 is 0 Å². The summed E-state index contributed by atoms with van der Waals surface area (Å²) in [7, 11) is 0. The molecule has 3 heteroatoms. The van der Waals surface area contributed by atoms with Crippen LogP contribution in [0.2, 0.25) is 0 Å². The lowest BCUT2D eigenvalue weighted by molar-refractivity contribution is 0.00927. The molecular weight excluding hydrogens is 322 g/mol. The molecule has 2 aromatic carbocycles. The van der Waals surface area contributed by atoms with Crippen LogP contribution in [0.15, 0.2) is 48.5 Å². The van der Waals surface area contributed by atoms with Crippen molar-refractivity contribution in [1.29, 1.82) is 0 Å². The van der Waals surface area contributed by atoms with E-state index in [4.69, 9.17) is 4.74 Å². The monoisotopic (exact) mass is 345 g/mol. The normalized spacial score (nSPS) is 22.9. The Kier molecular flexibility index (Phi) is 3.15. The third kappa shape index (κ3) is 1.97. The lowest BCUT2D eigenvalue weighted by atomic mass is 9.66. The maximum atomic E-state index is 12.6. The van der Waals surface area contributed by atoms with E-state index in [1.54, 1.807) is 6.92 Å². The largest absolute Gasteiger partial charge is 0.485 e. The fourth-order valence-corrected chi connectivity index (χ4v) is 5.14. The number of benzene rings is 2. The van der Waals surface area contributed by atoms with E-state index in [-0.39, 0.29) is 17.4 Å². The first-order chi connectivity index (χ1) is 12.5. The molecule has 0 saturated heterocycles. The molecule has 26 heavy (non-hydrogen) atoms. The zero-order chi connectivity index (χ0) is 18.1. The molecule has 2 aliphatic rings. The van der Waals surface area contributed by atoms with Gasteiger partial charge in [-0.25, -0.2) is 0 Å². The first-order valence-corrected chi connectivity index (χ1v) is 9.40. The van der Waals surface area contributed by atoms with Gasteiger partial charge in [0.25, 0.3) is 0 Å². The number of hydrogen-bond donors (Lipinski definition) is 0.